The van der Waals surface area contributed by atoms with E-state index in [-0.39, 0.29) is 5.92 Å². The van der Waals surface area contributed by atoms with Crippen LogP contribution >= 0.6 is 0 Å². The van der Waals surface area contributed by atoms with E-state index in [0.29, 0.717) is 5.91 Å². The van der Waals surface area contributed by atoms with E-state index in [1.165, 1.54) is 5.56 Å². The van der Waals surface area contributed by atoms with E-state index in [9.17, 15) is 4.79 Å². The number of rotatable bonds is 7. The van der Waals surface area contributed by atoms with Crippen molar-refractivity contribution in [3.05, 3.63) is 41.1 Å². The van der Waals surface area contributed by atoms with Gasteiger partial charge in [-0.1, -0.05) is 56.5 Å². The number of anilines is 1. The van der Waals surface area contributed by atoms with Crippen molar-refractivity contribution < 1.29 is 4.79 Å². The van der Waals surface area contributed by atoms with E-state index in [0.717, 1.165) is 80.3 Å². The maximum atomic E-state index is 12.9. The van der Waals surface area contributed by atoms with Crippen LogP contribution < -0.4 is 4.90 Å². The van der Waals surface area contributed by atoms with Crippen LogP contribution in [0.25, 0.3) is 11.4 Å². The second-order valence-corrected chi connectivity index (χ2v) is 8.51. The number of carbonyl (C=O) groups is 1. The van der Waals surface area contributed by atoms with Crippen LogP contribution in [0.1, 0.15) is 56.4 Å². The second kappa shape index (κ2) is 10.1. The Bertz CT molecular complexity index is 854. The normalized spacial score (nSPS) is 15.4. The summed E-state index contributed by atoms with van der Waals surface area (Å²) in [6.07, 6.45) is 4.22. The minimum absolute atomic E-state index is 0.174. The first-order chi connectivity index (χ1) is 14.4. The van der Waals surface area contributed by atoms with Gasteiger partial charge in [0.25, 0.3) is 0 Å². The first kappa shape index (κ1) is 22.3. The minimum Gasteiger partial charge on any atom is -0.353 e. The fourth-order valence-corrected chi connectivity index (χ4v) is 4.10. The molecule has 0 unspecified atom stereocenters. The molecule has 0 radical (unpaired) electrons. The van der Waals surface area contributed by atoms with Crippen LogP contribution in [0.5, 0.6) is 0 Å². The molecule has 3 rings (SSSR count). The van der Waals surface area contributed by atoms with Gasteiger partial charge >= 0.3 is 0 Å². The van der Waals surface area contributed by atoms with Gasteiger partial charge in [0.1, 0.15) is 5.82 Å². The Kier molecular flexibility index (Phi) is 7.46. The summed E-state index contributed by atoms with van der Waals surface area (Å²) in [6, 6.07) is 8.36. The lowest BCUT2D eigenvalue weighted by Gasteiger charge is -2.37. The van der Waals surface area contributed by atoms with Crippen molar-refractivity contribution >= 4 is 11.7 Å². The molecular weight excluding hydrogens is 372 g/mol. The molecule has 2 heterocycles. The van der Waals surface area contributed by atoms with Crippen LogP contribution in [0, 0.1) is 26.7 Å². The van der Waals surface area contributed by atoms with E-state index >= 15 is 0 Å². The summed E-state index contributed by atoms with van der Waals surface area (Å²) in [6.45, 7) is 13.7. The Hall–Kier alpha value is -2.43. The van der Waals surface area contributed by atoms with Crippen LogP contribution in [-0.4, -0.2) is 47.0 Å². The fraction of sp³-hybridized carbons (Fsp3) is 0.560. The Morgan fingerprint density at radius 3 is 2.27 bits per heavy atom. The third-order valence-corrected chi connectivity index (χ3v) is 6.31. The maximum absolute atomic E-state index is 12.9. The molecule has 1 fully saturated rings. The highest BCUT2D eigenvalue weighted by Crippen LogP contribution is 2.26. The molecule has 0 N–H and O–H groups in total. The SMILES string of the molecule is CCCC[C@@H](CC)C(=O)N1CCN(c2nc(-c3ccc(C)cc3)nc(C)c2C)CC1. The third kappa shape index (κ3) is 5.00. The molecular formula is C25H36N4O. The van der Waals surface area contributed by atoms with Gasteiger partial charge in [-0.3, -0.25) is 4.79 Å². The number of benzene rings is 1. The second-order valence-electron chi connectivity index (χ2n) is 8.51. The Labute approximate surface area is 181 Å². The summed E-state index contributed by atoms with van der Waals surface area (Å²) >= 11 is 0. The summed E-state index contributed by atoms with van der Waals surface area (Å²) in [7, 11) is 0. The van der Waals surface area contributed by atoms with Gasteiger partial charge in [-0.15, -0.1) is 0 Å². The smallest absolute Gasteiger partial charge is 0.225 e. The van der Waals surface area contributed by atoms with Crippen molar-refractivity contribution in [1.82, 2.24) is 14.9 Å². The van der Waals surface area contributed by atoms with Gasteiger partial charge in [-0.05, 0) is 33.6 Å². The van der Waals surface area contributed by atoms with E-state index in [1.807, 2.05) is 0 Å². The molecule has 1 atom stereocenters. The molecule has 2 aromatic rings. The Morgan fingerprint density at radius 2 is 1.67 bits per heavy atom. The average molecular weight is 409 g/mol. The van der Waals surface area contributed by atoms with Crippen molar-refractivity contribution in [2.75, 3.05) is 31.1 Å². The number of carbonyl (C=O) groups excluding carboxylic acids is 1. The number of nitrogens with zero attached hydrogens (tertiary/aromatic N) is 4. The molecule has 5 nitrogen and oxygen atoms in total. The molecule has 1 amide bonds. The predicted octanol–water partition coefficient (Wildman–Crippen LogP) is 4.93. The lowest BCUT2D eigenvalue weighted by Crippen LogP contribution is -2.50. The average Bonchev–Trinajstić information content (AvgIpc) is 2.76. The monoisotopic (exact) mass is 408 g/mol. The number of hydrogen-bond acceptors (Lipinski definition) is 4. The molecule has 1 aromatic carbocycles. The molecule has 0 aliphatic carbocycles. The topological polar surface area (TPSA) is 49.3 Å². The molecule has 0 saturated carbocycles. The molecule has 1 aromatic heterocycles. The van der Waals surface area contributed by atoms with Crippen molar-refractivity contribution in [2.45, 2.75) is 60.3 Å². The van der Waals surface area contributed by atoms with Crippen molar-refractivity contribution in [2.24, 2.45) is 5.92 Å². The molecule has 30 heavy (non-hydrogen) atoms. The highest BCUT2D eigenvalue weighted by atomic mass is 16.2. The van der Waals surface area contributed by atoms with Gasteiger partial charge in [0, 0.05) is 48.9 Å². The molecule has 1 aliphatic heterocycles. The van der Waals surface area contributed by atoms with Gasteiger partial charge in [0.05, 0.1) is 0 Å². The standard InChI is InChI=1S/C25H36N4O/c1-6-8-9-21(7-2)25(30)29-16-14-28(15-17-29)24-19(4)20(5)26-23(27-24)22-12-10-18(3)11-13-22/h10-13,21H,6-9,14-17H2,1-5H3/t21-/m1/s1. The molecule has 0 spiro atoms. The van der Waals surface area contributed by atoms with Crippen molar-refractivity contribution in [3.8, 4) is 11.4 Å². The van der Waals surface area contributed by atoms with Gasteiger partial charge in [-0.25, -0.2) is 9.97 Å². The highest BCUT2D eigenvalue weighted by Gasteiger charge is 2.27. The van der Waals surface area contributed by atoms with Crippen LogP contribution in [0.3, 0.4) is 0 Å². The largest absolute Gasteiger partial charge is 0.353 e. The quantitative estimate of drug-likeness (QED) is 0.651. The van der Waals surface area contributed by atoms with Gasteiger partial charge in [0.2, 0.25) is 5.91 Å². The van der Waals surface area contributed by atoms with E-state index < -0.39 is 0 Å². The number of hydrogen-bond donors (Lipinski definition) is 0. The van der Waals surface area contributed by atoms with Gasteiger partial charge < -0.3 is 9.80 Å². The number of piperazine rings is 1. The summed E-state index contributed by atoms with van der Waals surface area (Å²) < 4.78 is 0. The summed E-state index contributed by atoms with van der Waals surface area (Å²) in [5.74, 6) is 2.29. The minimum atomic E-state index is 0.174. The molecule has 5 heteroatoms. The van der Waals surface area contributed by atoms with Gasteiger partial charge in [-0.2, -0.15) is 0 Å². The molecule has 1 saturated heterocycles. The Balaban J connectivity index is 1.73. The van der Waals surface area contributed by atoms with Gasteiger partial charge in [0.15, 0.2) is 5.82 Å². The number of aryl methyl sites for hydroxylation is 2. The van der Waals surface area contributed by atoms with Crippen LogP contribution in [0.15, 0.2) is 24.3 Å². The van der Waals surface area contributed by atoms with E-state index in [2.05, 4.69) is 68.7 Å². The van der Waals surface area contributed by atoms with E-state index in [4.69, 9.17) is 9.97 Å². The zero-order chi connectivity index (χ0) is 21.7. The predicted molar refractivity (Wildman–Crippen MR) is 124 cm³/mol. The molecule has 1 aliphatic rings. The highest BCUT2D eigenvalue weighted by molar-refractivity contribution is 5.79. The lowest BCUT2D eigenvalue weighted by atomic mass is 9.97. The van der Waals surface area contributed by atoms with Crippen LogP contribution in [0.2, 0.25) is 0 Å². The first-order valence-corrected chi connectivity index (χ1v) is 11.4. The summed E-state index contributed by atoms with van der Waals surface area (Å²) in [5.41, 5.74) is 4.41. The lowest BCUT2D eigenvalue weighted by molar-refractivity contribution is -0.136. The van der Waals surface area contributed by atoms with Crippen molar-refractivity contribution in [1.29, 1.82) is 0 Å². The maximum Gasteiger partial charge on any atom is 0.225 e. The van der Waals surface area contributed by atoms with E-state index in [1.54, 1.807) is 0 Å². The van der Waals surface area contributed by atoms with Crippen LogP contribution in [-0.2, 0) is 4.79 Å². The summed E-state index contributed by atoms with van der Waals surface area (Å²) in [4.78, 5) is 27.0. The number of aromatic nitrogens is 2. The van der Waals surface area contributed by atoms with Crippen LogP contribution in [0.4, 0.5) is 5.82 Å². The number of amides is 1. The third-order valence-electron chi connectivity index (χ3n) is 6.31. The van der Waals surface area contributed by atoms with Crippen molar-refractivity contribution in [3.63, 3.8) is 0 Å². The molecule has 0 bridgehead atoms. The molecule has 162 valence electrons. The zero-order valence-electron chi connectivity index (χ0n) is 19.2. The Morgan fingerprint density at radius 1 is 1.00 bits per heavy atom. The number of unbranched alkanes of at least 4 members (excludes halogenated alkanes) is 1. The fourth-order valence-electron chi connectivity index (χ4n) is 4.10. The first-order valence-electron chi connectivity index (χ1n) is 11.4. The zero-order valence-corrected chi connectivity index (χ0v) is 19.2. The summed E-state index contributed by atoms with van der Waals surface area (Å²) in [5, 5.41) is 0.